The van der Waals surface area contributed by atoms with E-state index in [1.807, 2.05) is 0 Å². The Balaban J connectivity index is 2.39. The lowest BCUT2D eigenvalue weighted by Crippen LogP contribution is -2.33. The van der Waals surface area contributed by atoms with Gasteiger partial charge in [0.25, 0.3) is 0 Å². The van der Waals surface area contributed by atoms with E-state index in [1.54, 1.807) is 0 Å². The summed E-state index contributed by atoms with van der Waals surface area (Å²) >= 11 is 0. The first-order valence-electron chi connectivity index (χ1n) is 3.82. The molecule has 1 fully saturated rings. The van der Waals surface area contributed by atoms with Gasteiger partial charge in [-0.1, -0.05) is 0 Å². The van der Waals surface area contributed by atoms with Crippen molar-refractivity contribution in [2.75, 3.05) is 0 Å². The quantitative estimate of drug-likeness (QED) is 0.587. The number of halogens is 3. The Hall–Kier alpha value is -0.250. The third-order valence-electron chi connectivity index (χ3n) is 2.23. The molecule has 4 heteroatoms. The summed E-state index contributed by atoms with van der Waals surface area (Å²) in [6, 6.07) is -0.00593. The van der Waals surface area contributed by atoms with E-state index in [0.29, 0.717) is 12.8 Å². The van der Waals surface area contributed by atoms with Crippen molar-refractivity contribution in [1.29, 1.82) is 0 Å². The van der Waals surface area contributed by atoms with Crippen LogP contribution in [0.25, 0.3) is 0 Å². The van der Waals surface area contributed by atoms with Gasteiger partial charge >= 0.3 is 6.18 Å². The third kappa shape index (κ3) is 2.36. The highest BCUT2D eigenvalue weighted by molar-refractivity contribution is 4.78. The van der Waals surface area contributed by atoms with Crippen molar-refractivity contribution in [2.45, 2.75) is 37.9 Å². The van der Waals surface area contributed by atoms with Gasteiger partial charge in [-0.05, 0) is 25.7 Å². The highest BCUT2D eigenvalue weighted by Gasteiger charge is 2.40. The molecule has 0 aromatic heterocycles. The van der Waals surface area contributed by atoms with Crippen molar-refractivity contribution in [3.8, 4) is 0 Å². The van der Waals surface area contributed by atoms with Gasteiger partial charge in [0.15, 0.2) is 0 Å². The molecule has 1 aliphatic carbocycles. The van der Waals surface area contributed by atoms with Crippen LogP contribution in [0, 0.1) is 5.92 Å². The average Bonchev–Trinajstić information content (AvgIpc) is 1.86. The minimum absolute atomic E-state index is 0.00593. The lowest BCUT2D eigenvalue weighted by Gasteiger charge is -2.27. The predicted molar refractivity (Wildman–Crippen MR) is 36.0 cm³/mol. The summed E-state index contributed by atoms with van der Waals surface area (Å²) < 4.78 is 36.1. The number of hydrogen-bond donors (Lipinski definition) is 1. The van der Waals surface area contributed by atoms with E-state index in [2.05, 4.69) is 0 Å². The zero-order valence-electron chi connectivity index (χ0n) is 6.19. The zero-order valence-corrected chi connectivity index (χ0v) is 6.19. The second kappa shape index (κ2) is 3.01. The lowest BCUT2D eigenvalue weighted by molar-refractivity contribution is -0.182. The van der Waals surface area contributed by atoms with Gasteiger partial charge in [0.1, 0.15) is 0 Å². The standard InChI is InChI=1S/C7H12F3N/c8-7(9,10)5-1-3-6(11)4-2-5/h5-6H,1-4,11H2. The van der Waals surface area contributed by atoms with Crippen LogP contribution in [0.5, 0.6) is 0 Å². The molecule has 0 unspecified atom stereocenters. The molecule has 1 rings (SSSR count). The molecule has 2 N–H and O–H groups in total. The van der Waals surface area contributed by atoms with Crippen LogP contribution in [0.2, 0.25) is 0 Å². The van der Waals surface area contributed by atoms with Crippen molar-refractivity contribution >= 4 is 0 Å². The molecule has 1 saturated carbocycles. The van der Waals surface area contributed by atoms with Crippen LogP contribution in [0.4, 0.5) is 13.2 Å². The van der Waals surface area contributed by atoms with Crippen molar-refractivity contribution in [3.05, 3.63) is 0 Å². The molecule has 0 amide bonds. The Morgan fingerprint density at radius 2 is 1.45 bits per heavy atom. The first-order valence-corrected chi connectivity index (χ1v) is 3.82. The zero-order chi connectivity index (χ0) is 8.48. The van der Waals surface area contributed by atoms with E-state index in [1.165, 1.54) is 0 Å². The van der Waals surface area contributed by atoms with Gasteiger partial charge in [0.05, 0.1) is 5.92 Å². The van der Waals surface area contributed by atoms with Crippen molar-refractivity contribution in [2.24, 2.45) is 11.7 Å². The third-order valence-corrected chi connectivity index (χ3v) is 2.23. The molecule has 1 aliphatic rings. The molecule has 0 atom stereocenters. The second-order valence-electron chi connectivity index (χ2n) is 3.15. The van der Waals surface area contributed by atoms with Crippen molar-refractivity contribution in [1.82, 2.24) is 0 Å². The molecule has 0 aliphatic heterocycles. The maximum absolute atomic E-state index is 12.0. The fourth-order valence-electron chi connectivity index (χ4n) is 1.45. The van der Waals surface area contributed by atoms with Gasteiger partial charge in [-0.2, -0.15) is 13.2 Å². The van der Waals surface area contributed by atoms with Crippen LogP contribution < -0.4 is 5.73 Å². The minimum atomic E-state index is -4.00. The van der Waals surface area contributed by atoms with Crippen molar-refractivity contribution in [3.63, 3.8) is 0 Å². The highest BCUT2D eigenvalue weighted by Crippen LogP contribution is 2.36. The fraction of sp³-hybridized carbons (Fsp3) is 1.00. The fourth-order valence-corrected chi connectivity index (χ4v) is 1.45. The largest absolute Gasteiger partial charge is 0.391 e. The summed E-state index contributed by atoms with van der Waals surface area (Å²) in [6.07, 6.45) is -2.54. The number of rotatable bonds is 0. The minimum Gasteiger partial charge on any atom is -0.328 e. The molecule has 0 heterocycles. The Morgan fingerprint density at radius 3 is 1.82 bits per heavy atom. The molecule has 0 aromatic carbocycles. The molecule has 66 valence electrons. The van der Waals surface area contributed by atoms with E-state index < -0.39 is 12.1 Å². The van der Waals surface area contributed by atoms with Gasteiger partial charge in [0.2, 0.25) is 0 Å². The lowest BCUT2D eigenvalue weighted by atomic mass is 9.86. The molecule has 0 spiro atoms. The summed E-state index contributed by atoms with van der Waals surface area (Å²) in [4.78, 5) is 0. The summed E-state index contributed by atoms with van der Waals surface area (Å²) in [5.74, 6) is -1.10. The van der Waals surface area contributed by atoms with Crippen molar-refractivity contribution < 1.29 is 13.2 Å². The van der Waals surface area contributed by atoms with E-state index in [-0.39, 0.29) is 18.9 Å². The van der Waals surface area contributed by atoms with Crippen LogP contribution in [0.1, 0.15) is 25.7 Å². The molecular formula is C7H12F3N. The smallest absolute Gasteiger partial charge is 0.328 e. The van der Waals surface area contributed by atoms with Gasteiger partial charge in [-0.15, -0.1) is 0 Å². The molecule has 0 aromatic rings. The Kier molecular flexibility index (Phi) is 2.42. The van der Waals surface area contributed by atoms with Gasteiger partial charge in [-0.25, -0.2) is 0 Å². The molecule has 0 radical (unpaired) electrons. The summed E-state index contributed by atoms with van der Waals surface area (Å²) in [7, 11) is 0. The first-order chi connectivity index (χ1) is 5.00. The van der Waals surface area contributed by atoms with E-state index in [9.17, 15) is 13.2 Å². The summed E-state index contributed by atoms with van der Waals surface area (Å²) in [5, 5.41) is 0. The number of nitrogens with two attached hydrogens (primary N) is 1. The first kappa shape index (κ1) is 8.84. The Bertz CT molecular complexity index is 124. The van der Waals surface area contributed by atoms with Crippen LogP contribution in [0.3, 0.4) is 0 Å². The molecule has 11 heavy (non-hydrogen) atoms. The maximum Gasteiger partial charge on any atom is 0.391 e. The number of hydrogen-bond acceptors (Lipinski definition) is 1. The summed E-state index contributed by atoms with van der Waals surface area (Å²) in [5.41, 5.74) is 5.47. The van der Waals surface area contributed by atoms with Crippen LogP contribution in [-0.4, -0.2) is 12.2 Å². The predicted octanol–water partition coefficient (Wildman–Crippen LogP) is 2.07. The van der Waals surface area contributed by atoms with E-state index in [0.717, 1.165) is 0 Å². The topological polar surface area (TPSA) is 26.0 Å². The van der Waals surface area contributed by atoms with Gasteiger partial charge < -0.3 is 5.73 Å². The van der Waals surface area contributed by atoms with E-state index >= 15 is 0 Å². The van der Waals surface area contributed by atoms with Gasteiger partial charge in [-0.3, -0.25) is 0 Å². The van der Waals surface area contributed by atoms with Crippen LogP contribution in [-0.2, 0) is 0 Å². The molecule has 0 saturated heterocycles. The Labute approximate surface area is 63.8 Å². The number of alkyl halides is 3. The average molecular weight is 167 g/mol. The molecule has 1 nitrogen and oxygen atoms in total. The maximum atomic E-state index is 12.0. The Morgan fingerprint density at radius 1 is 1.00 bits per heavy atom. The van der Waals surface area contributed by atoms with Crippen LogP contribution in [0.15, 0.2) is 0 Å². The van der Waals surface area contributed by atoms with Crippen LogP contribution >= 0.6 is 0 Å². The summed E-state index contributed by atoms with van der Waals surface area (Å²) in [6.45, 7) is 0. The van der Waals surface area contributed by atoms with Gasteiger partial charge in [0, 0.05) is 6.04 Å². The molecule has 0 bridgehead atoms. The SMILES string of the molecule is NC1CCC(C(F)(F)F)CC1. The van der Waals surface area contributed by atoms with E-state index in [4.69, 9.17) is 5.73 Å². The highest BCUT2D eigenvalue weighted by atomic mass is 19.4. The normalized spacial score (nSPS) is 33.8. The second-order valence-corrected chi connectivity index (χ2v) is 3.15. The molecular weight excluding hydrogens is 155 g/mol. The monoisotopic (exact) mass is 167 g/mol.